The minimum absolute atomic E-state index is 0.0501. The maximum atomic E-state index is 13.2. The van der Waals surface area contributed by atoms with Gasteiger partial charge in [0.05, 0.1) is 12.9 Å². The third-order valence-corrected chi connectivity index (χ3v) is 5.42. The van der Waals surface area contributed by atoms with Gasteiger partial charge in [0.2, 0.25) is 11.8 Å². The molecule has 1 aromatic rings. The first kappa shape index (κ1) is 21.4. The molecule has 3 heterocycles. The summed E-state index contributed by atoms with van der Waals surface area (Å²) in [5.41, 5.74) is -1.39. The molecule has 0 aromatic carbocycles. The van der Waals surface area contributed by atoms with E-state index in [-0.39, 0.29) is 36.1 Å². The van der Waals surface area contributed by atoms with Crippen LogP contribution >= 0.6 is 0 Å². The Bertz CT molecular complexity index is 758. The quantitative estimate of drug-likeness (QED) is 0.831. The Hall–Kier alpha value is -2.35. The van der Waals surface area contributed by atoms with Gasteiger partial charge in [-0.05, 0) is 26.0 Å². The Balaban J connectivity index is 1.85. The van der Waals surface area contributed by atoms with Gasteiger partial charge in [-0.25, -0.2) is 0 Å². The fraction of sp³-hybridized carbons (Fsp3) is 0.667. The number of nitrogens with one attached hydrogen (secondary N) is 1. The van der Waals surface area contributed by atoms with E-state index in [2.05, 4.69) is 5.32 Å². The van der Waals surface area contributed by atoms with Gasteiger partial charge in [-0.1, -0.05) is 20.8 Å². The van der Waals surface area contributed by atoms with Crippen LogP contribution in [0.3, 0.4) is 0 Å². The molecular formula is C21H31N3O5. The highest BCUT2D eigenvalue weighted by Crippen LogP contribution is 2.39. The molecule has 3 rings (SSSR count). The third-order valence-electron chi connectivity index (χ3n) is 5.42. The number of hydrogen-bond acceptors (Lipinski definition) is 5. The van der Waals surface area contributed by atoms with Crippen LogP contribution in [0.2, 0.25) is 0 Å². The Morgan fingerprint density at radius 3 is 2.38 bits per heavy atom. The van der Waals surface area contributed by atoms with Crippen LogP contribution in [0.5, 0.6) is 0 Å². The number of likely N-dealkylation sites (tertiary alicyclic amines) is 1. The number of carbonyl (C=O) groups excluding carboxylic acids is 3. The number of amides is 3. The summed E-state index contributed by atoms with van der Waals surface area (Å²) in [6, 6.07) is 2.44. The fourth-order valence-corrected chi connectivity index (χ4v) is 4.00. The van der Waals surface area contributed by atoms with Crippen molar-refractivity contribution < 1.29 is 23.5 Å². The molecule has 0 unspecified atom stereocenters. The maximum absolute atomic E-state index is 13.2. The van der Waals surface area contributed by atoms with Crippen LogP contribution in [-0.4, -0.2) is 65.0 Å². The molecule has 0 radical (unpaired) electrons. The topological polar surface area (TPSA) is 92.1 Å². The fourth-order valence-electron chi connectivity index (χ4n) is 4.00. The lowest BCUT2D eigenvalue weighted by Crippen LogP contribution is -2.60. The molecule has 1 N–H and O–H groups in total. The first-order chi connectivity index (χ1) is 13.5. The van der Waals surface area contributed by atoms with Crippen molar-refractivity contribution in [3.63, 3.8) is 0 Å². The molecule has 2 saturated heterocycles. The molecule has 2 aliphatic rings. The van der Waals surface area contributed by atoms with E-state index in [4.69, 9.17) is 9.15 Å². The van der Waals surface area contributed by atoms with Crippen molar-refractivity contribution in [2.75, 3.05) is 19.7 Å². The molecule has 1 aromatic heterocycles. The highest BCUT2D eigenvalue weighted by Gasteiger charge is 2.55. The second kappa shape index (κ2) is 7.82. The van der Waals surface area contributed by atoms with Gasteiger partial charge >= 0.3 is 0 Å². The van der Waals surface area contributed by atoms with Crippen LogP contribution in [0, 0.1) is 5.41 Å². The van der Waals surface area contributed by atoms with Crippen LogP contribution in [-0.2, 0) is 14.3 Å². The molecule has 0 saturated carbocycles. The summed E-state index contributed by atoms with van der Waals surface area (Å²) >= 11 is 0. The molecule has 0 aliphatic carbocycles. The second-order valence-corrected chi connectivity index (χ2v) is 9.13. The van der Waals surface area contributed by atoms with Crippen molar-refractivity contribution in [3.8, 4) is 0 Å². The largest absolute Gasteiger partial charge is 0.459 e. The number of carbonyl (C=O) groups is 3. The Kier molecular flexibility index (Phi) is 5.76. The van der Waals surface area contributed by atoms with E-state index in [1.165, 1.54) is 11.2 Å². The zero-order valence-corrected chi connectivity index (χ0v) is 17.9. The van der Waals surface area contributed by atoms with Gasteiger partial charge in [0.15, 0.2) is 5.76 Å². The van der Waals surface area contributed by atoms with E-state index in [0.29, 0.717) is 25.9 Å². The molecular weight excluding hydrogens is 374 g/mol. The predicted octanol–water partition coefficient (Wildman–Crippen LogP) is 2.01. The monoisotopic (exact) mass is 405 g/mol. The van der Waals surface area contributed by atoms with Crippen molar-refractivity contribution in [2.45, 2.75) is 65.3 Å². The van der Waals surface area contributed by atoms with E-state index in [1.54, 1.807) is 12.1 Å². The van der Waals surface area contributed by atoms with Crippen LogP contribution in [0.4, 0.5) is 0 Å². The lowest BCUT2D eigenvalue weighted by molar-refractivity contribution is -0.150. The van der Waals surface area contributed by atoms with Gasteiger partial charge in [0, 0.05) is 37.4 Å². The number of hydrogen-bond donors (Lipinski definition) is 1. The van der Waals surface area contributed by atoms with E-state index in [0.717, 1.165) is 0 Å². The zero-order chi connectivity index (χ0) is 21.4. The Morgan fingerprint density at radius 2 is 1.86 bits per heavy atom. The summed E-state index contributed by atoms with van der Waals surface area (Å²) in [5.74, 6) is -0.370. The SMILES string of the molecule is CC(C)NC(=O)[C@H]1COC2(CCN(C(=O)C(C)(C)C)CC2)N1C(=O)c1ccco1. The molecule has 8 nitrogen and oxygen atoms in total. The third kappa shape index (κ3) is 4.17. The molecule has 3 amide bonds. The van der Waals surface area contributed by atoms with Crippen molar-refractivity contribution in [1.82, 2.24) is 15.1 Å². The smallest absolute Gasteiger partial charge is 0.292 e. The van der Waals surface area contributed by atoms with Crippen LogP contribution in [0.25, 0.3) is 0 Å². The summed E-state index contributed by atoms with van der Waals surface area (Å²) in [4.78, 5) is 42.0. The summed E-state index contributed by atoms with van der Waals surface area (Å²) in [6.07, 6.45) is 2.34. The van der Waals surface area contributed by atoms with Gasteiger partial charge in [0.1, 0.15) is 11.8 Å². The summed E-state index contributed by atoms with van der Waals surface area (Å²) in [7, 11) is 0. The number of piperidine rings is 1. The second-order valence-electron chi connectivity index (χ2n) is 9.13. The lowest BCUT2D eigenvalue weighted by atomic mass is 9.91. The first-order valence-electron chi connectivity index (χ1n) is 10.2. The molecule has 1 atom stereocenters. The average Bonchev–Trinajstić information content (AvgIpc) is 3.28. The summed E-state index contributed by atoms with van der Waals surface area (Å²) in [5, 5.41) is 2.88. The first-order valence-corrected chi connectivity index (χ1v) is 10.2. The van der Waals surface area contributed by atoms with Crippen molar-refractivity contribution in [2.24, 2.45) is 5.41 Å². The Labute approximate surface area is 171 Å². The number of rotatable bonds is 3. The van der Waals surface area contributed by atoms with Gasteiger partial charge in [-0.15, -0.1) is 0 Å². The van der Waals surface area contributed by atoms with E-state index >= 15 is 0 Å². The highest BCUT2D eigenvalue weighted by atomic mass is 16.5. The van der Waals surface area contributed by atoms with E-state index in [1.807, 2.05) is 39.5 Å². The highest BCUT2D eigenvalue weighted by molar-refractivity contribution is 5.96. The standard InChI is InChI=1S/C21H31N3O5/c1-14(2)22-17(25)15-13-29-21(24(15)18(26)16-7-6-12-28-16)8-10-23(11-9-21)19(27)20(3,4)5/h6-7,12,14-15H,8-11,13H2,1-5H3,(H,22,25)/t15-/m1/s1. The van der Waals surface area contributed by atoms with Crippen LogP contribution in [0.15, 0.2) is 22.8 Å². The van der Waals surface area contributed by atoms with E-state index < -0.39 is 17.2 Å². The number of nitrogens with zero attached hydrogens (tertiary/aromatic N) is 2. The Morgan fingerprint density at radius 1 is 1.21 bits per heavy atom. The van der Waals surface area contributed by atoms with Crippen molar-refractivity contribution >= 4 is 17.7 Å². The normalized spacial score (nSPS) is 21.7. The van der Waals surface area contributed by atoms with Crippen molar-refractivity contribution in [1.29, 1.82) is 0 Å². The molecule has 8 heteroatoms. The molecule has 1 spiro atoms. The minimum Gasteiger partial charge on any atom is -0.459 e. The van der Waals surface area contributed by atoms with Gasteiger partial charge in [0.25, 0.3) is 5.91 Å². The molecule has 0 bridgehead atoms. The van der Waals surface area contributed by atoms with Gasteiger partial charge < -0.3 is 19.4 Å². The predicted molar refractivity (Wildman–Crippen MR) is 106 cm³/mol. The lowest BCUT2D eigenvalue weighted by Gasteiger charge is -2.45. The van der Waals surface area contributed by atoms with Gasteiger partial charge in [-0.3, -0.25) is 19.3 Å². The zero-order valence-electron chi connectivity index (χ0n) is 17.9. The van der Waals surface area contributed by atoms with Crippen LogP contribution in [0.1, 0.15) is 58.0 Å². The summed E-state index contributed by atoms with van der Waals surface area (Å²) in [6.45, 7) is 10.5. The van der Waals surface area contributed by atoms with Crippen molar-refractivity contribution in [3.05, 3.63) is 24.2 Å². The number of furan rings is 1. The van der Waals surface area contributed by atoms with Crippen LogP contribution < -0.4 is 5.32 Å². The van der Waals surface area contributed by atoms with Gasteiger partial charge in [-0.2, -0.15) is 0 Å². The molecule has 29 heavy (non-hydrogen) atoms. The molecule has 160 valence electrons. The maximum Gasteiger partial charge on any atom is 0.292 e. The van der Waals surface area contributed by atoms with E-state index in [9.17, 15) is 14.4 Å². The molecule has 2 fully saturated rings. The summed E-state index contributed by atoms with van der Waals surface area (Å²) < 4.78 is 11.4. The number of ether oxygens (including phenoxy) is 1. The average molecular weight is 405 g/mol. The molecule has 2 aliphatic heterocycles. The minimum atomic E-state index is -0.919.